The quantitative estimate of drug-likeness (QED) is 0.735. The van der Waals surface area contributed by atoms with Gasteiger partial charge in [-0.2, -0.15) is 5.10 Å². The van der Waals surface area contributed by atoms with E-state index in [-0.39, 0.29) is 17.9 Å². The molecule has 2 heterocycles. The van der Waals surface area contributed by atoms with Crippen molar-refractivity contribution >= 4 is 5.91 Å². The molecule has 0 spiro atoms. The molecule has 6 heteroatoms. The zero-order valence-corrected chi connectivity index (χ0v) is 16.0. The summed E-state index contributed by atoms with van der Waals surface area (Å²) < 4.78 is 13.0. The number of amides is 1. The van der Waals surface area contributed by atoms with E-state index in [4.69, 9.17) is 9.47 Å². The molecule has 1 unspecified atom stereocenters. The average Bonchev–Trinajstić information content (AvgIpc) is 3.22. The zero-order chi connectivity index (χ0) is 19.5. The molecular formula is C22H23N3O3. The van der Waals surface area contributed by atoms with E-state index in [0.717, 1.165) is 22.7 Å². The Morgan fingerprint density at radius 2 is 1.82 bits per heavy atom. The van der Waals surface area contributed by atoms with Crippen LogP contribution in [-0.4, -0.2) is 28.9 Å². The smallest absolute Gasteiger partial charge is 0.254 e. The SMILES string of the molecule is CC(C)C(NC(=O)c1cnn(-c2ccccc2)c1)c1ccc2c(c1)OCCO2. The molecule has 1 atom stereocenters. The molecule has 1 N–H and O–H groups in total. The van der Waals surface area contributed by atoms with Gasteiger partial charge in [0.1, 0.15) is 13.2 Å². The molecular weight excluding hydrogens is 354 g/mol. The van der Waals surface area contributed by atoms with Gasteiger partial charge in [0, 0.05) is 6.20 Å². The lowest BCUT2D eigenvalue weighted by Crippen LogP contribution is -2.31. The van der Waals surface area contributed by atoms with Crippen molar-refractivity contribution < 1.29 is 14.3 Å². The number of fused-ring (bicyclic) bond motifs is 1. The first kappa shape index (κ1) is 18.1. The van der Waals surface area contributed by atoms with E-state index < -0.39 is 0 Å². The predicted molar refractivity (Wildman–Crippen MR) is 106 cm³/mol. The molecule has 144 valence electrons. The molecule has 1 aromatic heterocycles. The normalized spacial score (nSPS) is 14.0. The molecule has 0 bridgehead atoms. The summed E-state index contributed by atoms with van der Waals surface area (Å²) in [6, 6.07) is 15.4. The number of hydrogen-bond donors (Lipinski definition) is 1. The van der Waals surface area contributed by atoms with Gasteiger partial charge in [-0.25, -0.2) is 4.68 Å². The van der Waals surface area contributed by atoms with Crippen LogP contribution < -0.4 is 14.8 Å². The van der Waals surface area contributed by atoms with Gasteiger partial charge in [-0.1, -0.05) is 38.1 Å². The van der Waals surface area contributed by atoms with Crippen LogP contribution >= 0.6 is 0 Å². The highest BCUT2D eigenvalue weighted by Crippen LogP contribution is 2.34. The Kier molecular flexibility index (Phi) is 5.02. The molecule has 0 saturated carbocycles. The van der Waals surface area contributed by atoms with Gasteiger partial charge in [0.15, 0.2) is 11.5 Å². The topological polar surface area (TPSA) is 65.4 Å². The van der Waals surface area contributed by atoms with E-state index in [0.29, 0.717) is 18.8 Å². The van der Waals surface area contributed by atoms with Crippen molar-refractivity contribution in [2.24, 2.45) is 5.92 Å². The van der Waals surface area contributed by atoms with Gasteiger partial charge in [0.05, 0.1) is 23.5 Å². The highest BCUT2D eigenvalue weighted by molar-refractivity contribution is 5.94. The monoisotopic (exact) mass is 377 g/mol. The minimum absolute atomic E-state index is 0.150. The molecule has 1 aliphatic rings. The summed E-state index contributed by atoms with van der Waals surface area (Å²) in [5.41, 5.74) is 2.42. The van der Waals surface area contributed by atoms with Crippen molar-refractivity contribution in [1.29, 1.82) is 0 Å². The third-order valence-electron chi connectivity index (χ3n) is 4.74. The van der Waals surface area contributed by atoms with Gasteiger partial charge in [-0.05, 0) is 35.7 Å². The van der Waals surface area contributed by atoms with Gasteiger partial charge in [-0.15, -0.1) is 0 Å². The van der Waals surface area contributed by atoms with Crippen LogP contribution in [0.4, 0.5) is 0 Å². The number of ether oxygens (including phenoxy) is 2. The molecule has 0 radical (unpaired) electrons. The first-order chi connectivity index (χ1) is 13.6. The number of carbonyl (C=O) groups is 1. The number of nitrogens with one attached hydrogen (secondary N) is 1. The van der Waals surface area contributed by atoms with Gasteiger partial charge in [0.2, 0.25) is 0 Å². The van der Waals surface area contributed by atoms with Crippen LogP contribution in [0.25, 0.3) is 5.69 Å². The number of benzene rings is 2. The molecule has 0 saturated heterocycles. The Hall–Kier alpha value is -3.28. The Balaban J connectivity index is 1.54. The van der Waals surface area contributed by atoms with Crippen molar-refractivity contribution in [2.45, 2.75) is 19.9 Å². The molecule has 0 fully saturated rings. The van der Waals surface area contributed by atoms with E-state index in [1.807, 2.05) is 48.5 Å². The van der Waals surface area contributed by atoms with Crippen molar-refractivity contribution in [3.05, 3.63) is 72.1 Å². The Morgan fingerprint density at radius 3 is 2.57 bits per heavy atom. The molecule has 1 amide bonds. The highest BCUT2D eigenvalue weighted by atomic mass is 16.6. The summed E-state index contributed by atoms with van der Waals surface area (Å²) in [6.45, 7) is 5.25. The van der Waals surface area contributed by atoms with Crippen molar-refractivity contribution in [1.82, 2.24) is 15.1 Å². The van der Waals surface area contributed by atoms with Crippen LogP contribution in [0.1, 0.15) is 35.8 Å². The third-order valence-corrected chi connectivity index (χ3v) is 4.74. The minimum Gasteiger partial charge on any atom is -0.486 e. The molecule has 2 aromatic carbocycles. The zero-order valence-electron chi connectivity index (χ0n) is 16.0. The lowest BCUT2D eigenvalue weighted by atomic mass is 9.95. The van der Waals surface area contributed by atoms with Crippen molar-refractivity contribution in [2.75, 3.05) is 13.2 Å². The van der Waals surface area contributed by atoms with E-state index in [9.17, 15) is 4.79 Å². The first-order valence-electron chi connectivity index (χ1n) is 9.42. The number of nitrogens with zero attached hydrogens (tertiary/aromatic N) is 2. The fourth-order valence-electron chi connectivity index (χ4n) is 3.27. The fraction of sp³-hybridized carbons (Fsp3) is 0.273. The second-order valence-corrected chi connectivity index (χ2v) is 7.11. The van der Waals surface area contributed by atoms with Crippen molar-refractivity contribution in [3.8, 4) is 17.2 Å². The number of para-hydroxylation sites is 1. The summed E-state index contributed by atoms with van der Waals surface area (Å²) in [7, 11) is 0. The molecule has 6 nitrogen and oxygen atoms in total. The molecule has 1 aliphatic heterocycles. The molecule has 0 aliphatic carbocycles. The number of carbonyl (C=O) groups excluding carboxylic acids is 1. The fourth-order valence-corrected chi connectivity index (χ4v) is 3.27. The maximum atomic E-state index is 12.8. The lowest BCUT2D eigenvalue weighted by Gasteiger charge is -2.25. The van der Waals surface area contributed by atoms with Crippen LogP contribution in [0, 0.1) is 5.92 Å². The Labute approximate surface area is 164 Å². The Bertz CT molecular complexity index is 966. The number of aromatic nitrogens is 2. The van der Waals surface area contributed by atoms with E-state index >= 15 is 0 Å². The van der Waals surface area contributed by atoms with Gasteiger partial charge in [0.25, 0.3) is 5.91 Å². The summed E-state index contributed by atoms with van der Waals surface area (Å²) in [6.07, 6.45) is 3.33. The average molecular weight is 377 g/mol. The van der Waals surface area contributed by atoms with E-state index in [1.54, 1.807) is 17.1 Å². The number of rotatable bonds is 5. The predicted octanol–water partition coefficient (Wildman–Crippen LogP) is 3.77. The van der Waals surface area contributed by atoms with Gasteiger partial charge >= 0.3 is 0 Å². The van der Waals surface area contributed by atoms with Crippen LogP contribution in [0.2, 0.25) is 0 Å². The standard InChI is InChI=1S/C22H23N3O3/c1-15(2)21(16-8-9-19-20(12-16)28-11-10-27-19)24-22(26)17-13-23-25(14-17)18-6-4-3-5-7-18/h3-9,12-15,21H,10-11H2,1-2H3,(H,24,26). The van der Waals surface area contributed by atoms with E-state index in [2.05, 4.69) is 24.3 Å². The summed E-state index contributed by atoms with van der Waals surface area (Å²) in [5, 5.41) is 7.44. The van der Waals surface area contributed by atoms with E-state index in [1.165, 1.54) is 0 Å². The second kappa shape index (κ2) is 7.76. The Morgan fingerprint density at radius 1 is 1.07 bits per heavy atom. The summed E-state index contributed by atoms with van der Waals surface area (Å²) in [5.74, 6) is 1.51. The summed E-state index contributed by atoms with van der Waals surface area (Å²) in [4.78, 5) is 12.8. The molecule has 4 rings (SSSR count). The maximum Gasteiger partial charge on any atom is 0.254 e. The van der Waals surface area contributed by atoms with Gasteiger partial charge < -0.3 is 14.8 Å². The van der Waals surface area contributed by atoms with Crippen LogP contribution in [-0.2, 0) is 0 Å². The van der Waals surface area contributed by atoms with Crippen LogP contribution in [0.15, 0.2) is 60.9 Å². The number of hydrogen-bond acceptors (Lipinski definition) is 4. The van der Waals surface area contributed by atoms with Gasteiger partial charge in [-0.3, -0.25) is 4.79 Å². The first-order valence-corrected chi connectivity index (χ1v) is 9.42. The summed E-state index contributed by atoms with van der Waals surface area (Å²) >= 11 is 0. The maximum absolute atomic E-state index is 12.8. The second-order valence-electron chi connectivity index (χ2n) is 7.11. The molecule has 3 aromatic rings. The van der Waals surface area contributed by atoms with Crippen molar-refractivity contribution in [3.63, 3.8) is 0 Å². The van der Waals surface area contributed by atoms with Crippen LogP contribution in [0.3, 0.4) is 0 Å². The largest absolute Gasteiger partial charge is 0.486 e. The van der Waals surface area contributed by atoms with Crippen LogP contribution in [0.5, 0.6) is 11.5 Å². The molecule has 28 heavy (non-hydrogen) atoms. The highest BCUT2D eigenvalue weighted by Gasteiger charge is 2.22. The lowest BCUT2D eigenvalue weighted by molar-refractivity contribution is 0.0925. The third kappa shape index (κ3) is 3.71. The minimum atomic E-state index is -0.157.